The first-order valence-corrected chi connectivity index (χ1v) is 9.65. The highest BCUT2D eigenvalue weighted by atomic mass is 35.5. The van der Waals surface area contributed by atoms with E-state index in [9.17, 15) is 18.0 Å². The zero-order chi connectivity index (χ0) is 23.3. The van der Waals surface area contributed by atoms with Gasteiger partial charge in [0.2, 0.25) is 5.82 Å². The molecule has 3 aromatic heterocycles. The van der Waals surface area contributed by atoms with Crippen molar-refractivity contribution in [1.29, 1.82) is 0 Å². The van der Waals surface area contributed by atoms with Gasteiger partial charge in [-0.05, 0) is 32.0 Å². The lowest BCUT2D eigenvalue weighted by atomic mass is 10.0. The average Bonchev–Trinajstić information content (AvgIpc) is 3.33. The van der Waals surface area contributed by atoms with Gasteiger partial charge in [0.25, 0.3) is 11.8 Å². The van der Waals surface area contributed by atoms with Gasteiger partial charge in [0.1, 0.15) is 5.52 Å². The summed E-state index contributed by atoms with van der Waals surface area (Å²) < 4.78 is 46.0. The number of halogens is 4. The smallest absolute Gasteiger partial charge is 0.340 e. The van der Waals surface area contributed by atoms with Crippen LogP contribution in [0.2, 0.25) is 5.02 Å². The average molecular weight is 465 g/mol. The highest BCUT2D eigenvalue weighted by Crippen LogP contribution is 2.34. The number of amides is 1. The molecule has 0 saturated carbocycles. The summed E-state index contributed by atoms with van der Waals surface area (Å²) in [5.41, 5.74) is -0.359. The summed E-state index contributed by atoms with van der Waals surface area (Å²) in [4.78, 5) is 24.5. The molecule has 0 radical (unpaired) electrons. The first-order chi connectivity index (χ1) is 15.0. The molecule has 12 heteroatoms. The molecule has 1 aromatic carbocycles. The maximum Gasteiger partial charge on any atom is 0.449 e. The van der Waals surface area contributed by atoms with E-state index in [0.29, 0.717) is 10.6 Å². The van der Waals surface area contributed by atoms with Crippen molar-refractivity contribution < 1.29 is 22.5 Å². The Morgan fingerprint density at radius 2 is 1.94 bits per heavy atom. The van der Waals surface area contributed by atoms with Crippen LogP contribution in [0, 0.1) is 0 Å². The molecule has 0 aliphatic carbocycles. The Hall–Kier alpha value is -3.47. The quantitative estimate of drug-likeness (QED) is 0.482. The number of aromatic nitrogens is 5. The number of pyridine rings is 1. The third-order valence-electron chi connectivity index (χ3n) is 4.76. The second kappa shape index (κ2) is 7.59. The Labute approximate surface area is 184 Å². The van der Waals surface area contributed by atoms with E-state index in [1.54, 1.807) is 32.0 Å². The van der Waals surface area contributed by atoms with E-state index in [4.69, 9.17) is 16.1 Å². The van der Waals surface area contributed by atoms with Gasteiger partial charge in [-0.15, -0.1) is 0 Å². The molecule has 166 valence electrons. The normalized spacial score (nSPS) is 12.3. The molecule has 0 saturated heterocycles. The number of carbonyl (C=O) groups is 1. The summed E-state index contributed by atoms with van der Waals surface area (Å²) in [6.07, 6.45) is -2.10. The number of fused-ring (bicyclic) bond motifs is 1. The van der Waals surface area contributed by atoms with Crippen LogP contribution in [0.25, 0.3) is 22.5 Å². The number of nitrogens with zero attached hydrogens (tertiary/aromatic N) is 5. The highest BCUT2D eigenvalue weighted by Gasteiger charge is 2.37. The van der Waals surface area contributed by atoms with Crippen LogP contribution in [0.4, 0.5) is 13.2 Å². The lowest BCUT2D eigenvalue weighted by Gasteiger charge is -2.22. The molecule has 4 aromatic rings. The van der Waals surface area contributed by atoms with Crippen LogP contribution in [-0.2, 0) is 18.8 Å². The van der Waals surface area contributed by atoms with Crippen LogP contribution in [0.1, 0.15) is 35.9 Å². The number of nitrogens with one attached hydrogen (secondary N) is 1. The molecule has 0 fully saturated rings. The van der Waals surface area contributed by atoms with E-state index in [-0.39, 0.29) is 28.3 Å². The zero-order valence-electron chi connectivity index (χ0n) is 17.0. The Bertz CT molecular complexity index is 1330. The van der Waals surface area contributed by atoms with Crippen LogP contribution in [0.15, 0.2) is 41.2 Å². The molecule has 0 spiro atoms. The van der Waals surface area contributed by atoms with Crippen LogP contribution in [0.5, 0.6) is 0 Å². The highest BCUT2D eigenvalue weighted by molar-refractivity contribution is 6.30. The minimum absolute atomic E-state index is 0.0330. The van der Waals surface area contributed by atoms with Crippen LogP contribution < -0.4 is 5.32 Å². The minimum Gasteiger partial charge on any atom is -0.340 e. The Morgan fingerprint density at radius 1 is 1.19 bits per heavy atom. The second-order valence-corrected chi connectivity index (χ2v) is 8.00. The van der Waals surface area contributed by atoms with Gasteiger partial charge in [-0.3, -0.25) is 9.78 Å². The van der Waals surface area contributed by atoms with Gasteiger partial charge in [-0.25, -0.2) is 4.98 Å². The van der Waals surface area contributed by atoms with Crippen molar-refractivity contribution in [1.82, 2.24) is 30.0 Å². The van der Waals surface area contributed by atoms with Crippen molar-refractivity contribution >= 4 is 28.5 Å². The maximum absolute atomic E-state index is 13.3. The summed E-state index contributed by atoms with van der Waals surface area (Å²) in [6.45, 7) is 3.32. The Morgan fingerprint density at radius 3 is 2.62 bits per heavy atom. The van der Waals surface area contributed by atoms with Gasteiger partial charge in [-0.1, -0.05) is 22.8 Å². The largest absolute Gasteiger partial charge is 0.449 e. The Kier molecular flexibility index (Phi) is 5.16. The van der Waals surface area contributed by atoms with Crippen molar-refractivity contribution in [3.63, 3.8) is 0 Å². The summed E-state index contributed by atoms with van der Waals surface area (Å²) >= 11 is 5.94. The van der Waals surface area contributed by atoms with E-state index in [1.807, 2.05) is 0 Å². The first kappa shape index (κ1) is 21.8. The van der Waals surface area contributed by atoms with Gasteiger partial charge >= 0.3 is 6.18 Å². The van der Waals surface area contributed by atoms with Crippen LogP contribution in [0.3, 0.4) is 0 Å². The fourth-order valence-electron chi connectivity index (χ4n) is 3.21. The number of hydrogen-bond acceptors (Lipinski definition) is 6. The number of imidazole rings is 1. The molecule has 1 N–H and O–H groups in total. The van der Waals surface area contributed by atoms with Crippen molar-refractivity contribution in [2.75, 3.05) is 0 Å². The van der Waals surface area contributed by atoms with E-state index in [0.717, 1.165) is 4.57 Å². The zero-order valence-corrected chi connectivity index (χ0v) is 17.8. The monoisotopic (exact) mass is 464 g/mol. The molecular weight excluding hydrogens is 449 g/mol. The van der Waals surface area contributed by atoms with Crippen molar-refractivity contribution in [2.45, 2.75) is 25.6 Å². The minimum atomic E-state index is -4.64. The molecular formula is C20H16ClF3N6O2. The number of rotatable bonds is 4. The maximum atomic E-state index is 13.3. The number of carbonyl (C=O) groups excluding carboxylic acids is 1. The first-order valence-electron chi connectivity index (χ1n) is 9.27. The van der Waals surface area contributed by atoms with Gasteiger partial charge in [0.05, 0.1) is 22.8 Å². The Balaban J connectivity index is 1.68. The van der Waals surface area contributed by atoms with E-state index in [2.05, 4.69) is 25.4 Å². The predicted molar refractivity (Wildman–Crippen MR) is 109 cm³/mol. The third-order valence-corrected chi connectivity index (χ3v) is 4.99. The second-order valence-electron chi connectivity index (χ2n) is 7.56. The summed E-state index contributed by atoms with van der Waals surface area (Å²) in [5.74, 6) is -1.41. The van der Waals surface area contributed by atoms with Crippen LogP contribution in [-0.4, -0.2) is 30.6 Å². The van der Waals surface area contributed by atoms with Gasteiger partial charge < -0.3 is 14.4 Å². The molecule has 0 bridgehead atoms. The molecule has 1 amide bonds. The van der Waals surface area contributed by atoms with Crippen molar-refractivity contribution in [3.05, 3.63) is 58.9 Å². The summed E-state index contributed by atoms with van der Waals surface area (Å²) in [6, 6.07) is 6.41. The molecule has 4 rings (SSSR count). The van der Waals surface area contributed by atoms with Crippen molar-refractivity contribution in [2.24, 2.45) is 7.05 Å². The standard InChI is InChI=1S/C20H16ClF3N6O2/c1-19(2,28-15(31)10-5-4-6-11(21)7-10)17-27-16(32-29-17)12-8-25-9-13-14(12)30(3)18(26-13)20(22,23)24/h4-9H,1-3H3,(H,28,31). The van der Waals surface area contributed by atoms with Crippen molar-refractivity contribution in [3.8, 4) is 11.5 Å². The fraction of sp³-hybridized carbons (Fsp3) is 0.250. The van der Waals surface area contributed by atoms with Gasteiger partial charge in [0, 0.05) is 23.8 Å². The molecule has 32 heavy (non-hydrogen) atoms. The number of alkyl halides is 3. The lowest BCUT2D eigenvalue weighted by molar-refractivity contribution is -0.146. The predicted octanol–water partition coefficient (Wildman–Crippen LogP) is 4.36. The molecule has 0 aliphatic rings. The van der Waals surface area contributed by atoms with Gasteiger partial charge in [0.15, 0.2) is 5.82 Å². The molecule has 0 unspecified atom stereocenters. The number of aryl methyl sites for hydroxylation is 1. The molecule has 0 aliphatic heterocycles. The third kappa shape index (κ3) is 3.91. The SMILES string of the molecule is Cn1c(C(F)(F)F)nc2cncc(-c3nc(C(C)(C)NC(=O)c4cccc(Cl)c4)no3)c21. The lowest BCUT2D eigenvalue weighted by Crippen LogP contribution is -2.41. The molecule has 3 heterocycles. The van der Waals surface area contributed by atoms with E-state index in [1.165, 1.54) is 25.5 Å². The van der Waals surface area contributed by atoms with Gasteiger partial charge in [-0.2, -0.15) is 18.2 Å². The van der Waals surface area contributed by atoms with Crippen LogP contribution >= 0.6 is 11.6 Å². The summed E-state index contributed by atoms with van der Waals surface area (Å²) in [5, 5.41) is 7.11. The summed E-state index contributed by atoms with van der Waals surface area (Å²) in [7, 11) is 1.24. The van der Waals surface area contributed by atoms with E-state index < -0.39 is 23.4 Å². The number of benzene rings is 1. The topological polar surface area (TPSA) is 98.7 Å². The molecule has 0 atom stereocenters. The molecule has 8 nitrogen and oxygen atoms in total. The fourth-order valence-corrected chi connectivity index (χ4v) is 3.40. The van der Waals surface area contributed by atoms with E-state index >= 15 is 0 Å². The number of hydrogen-bond donors (Lipinski definition) is 1.